The van der Waals surface area contributed by atoms with E-state index in [1.165, 1.54) is 19.3 Å². The second kappa shape index (κ2) is 7.29. The molecule has 0 fully saturated rings. The van der Waals surface area contributed by atoms with E-state index in [0.29, 0.717) is 0 Å². The Morgan fingerprint density at radius 2 is 2.10 bits per heavy atom. The van der Waals surface area contributed by atoms with E-state index in [1.807, 2.05) is 0 Å². The van der Waals surface area contributed by atoms with Gasteiger partial charge in [0, 0.05) is 13.0 Å². The lowest BCUT2D eigenvalue weighted by molar-refractivity contribution is -0.147. The van der Waals surface area contributed by atoms with E-state index in [2.05, 4.69) is 10.6 Å². The molecular weight excluding hydrogens is 268 g/mol. The van der Waals surface area contributed by atoms with Crippen LogP contribution < -0.4 is 10.6 Å². The number of hydrogen-bond donors (Lipinski definition) is 4. The minimum Gasteiger partial charge on any atom is -0.479 e. The van der Waals surface area contributed by atoms with Crippen LogP contribution in [0.25, 0.3) is 0 Å². The maximum Gasteiger partial charge on any atom is 0.332 e. The SMILES string of the molecule is CC(NC(=O)c1ccco1)C(=O)NCCC(O)C(=O)O. The van der Waals surface area contributed by atoms with Crippen molar-refractivity contribution < 1.29 is 29.0 Å². The molecule has 0 bridgehead atoms. The fourth-order valence-corrected chi connectivity index (χ4v) is 1.35. The van der Waals surface area contributed by atoms with Crippen molar-refractivity contribution in [3.05, 3.63) is 24.2 Å². The second-order valence-electron chi connectivity index (χ2n) is 4.11. The van der Waals surface area contributed by atoms with E-state index in [4.69, 9.17) is 14.6 Å². The maximum atomic E-state index is 11.6. The first-order chi connectivity index (χ1) is 9.41. The molecule has 0 aliphatic rings. The number of nitrogens with one attached hydrogen (secondary N) is 2. The third-order valence-electron chi connectivity index (χ3n) is 2.49. The molecule has 0 aliphatic carbocycles. The van der Waals surface area contributed by atoms with Gasteiger partial charge in [-0.15, -0.1) is 0 Å². The number of aliphatic hydroxyl groups excluding tert-OH is 1. The van der Waals surface area contributed by atoms with E-state index in [-0.39, 0.29) is 18.7 Å². The van der Waals surface area contributed by atoms with Crippen LogP contribution >= 0.6 is 0 Å². The lowest BCUT2D eigenvalue weighted by atomic mass is 10.2. The van der Waals surface area contributed by atoms with Crippen LogP contribution in [0, 0.1) is 0 Å². The summed E-state index contributed by atoms with van der Waals surface area (Å²) < 4.78 is 4.87. The predicted octanol–water partition coefficient (Wildman–Crippen LogP) is -0.650. The second-order valence-corrected chi connectivity index (χ2v) is 4.11. The minimum atomic E-state index is -1.52. The first-order valence-electron chi connectivity index (χ1n) is 5.94. The Labute approximate surface area is 114 Å². The molecule has 1 aromatic heterocycles. The first-order valence-corrected chi connectivity index (χ1v) is 5.94. The van der Waals surface area contributed by atoms with Gasteiger partial charge in [-0.25, -0.2) is 4.79 Å². The van der Waals surface area contributed by atoms with Crippen LogP contribution in [0.15, 0.2) is 22.8 Å². The number of carboxylic acid groups (broad SMARTS) is 1. The molecule has 1 aromatic rings. The van der Waals surface area contributed by atoms with Gasteiger partial charge in [-0.1, -0.05) is 0 Å². The lowest BCUT2D eigenvalue weighted by Gasteiger charge is -2.13. The van der Waals surface area contributed by atoms with Crippen molar-refractivity contribution >= 4 is 17.8 Å². The zero-order valence-electron chi connectivity index (χ0n) is 10.8. The molecule has 2 amide bonds. The molecule has 0 spiro atoms. The molecule has 0 saturated heterocycles. The Morgan fingerprint density at radius 3 is 2.65 bits per heavy atom. The summed E-state index contributed by atoms with van der Waals surface area (Å²) in [6.45, 7) is 1.47. The number of carbonyl (C=O) groups excluding carboxylic acids is 2. The van der Waals surface area contributed by atoms with Crippen molar-refractivity contribution in [2.24, 2.45) is 0 Å². The third-order valence-corrected chi connectivity index (χ3v) is 2.49. The summed E-state index contributed by atoms with van der Waals surface area (Å²) in [6.07, 6.45) is -0.296. The summed E-state index contributed by atoms with van der Waals surface area (Å²) in [5.74, 6) is -2.27. The highest BCUT2D eigenvalue weighted by Gasteiger charge is 2.18. The average molecular weight is 284 g/mol. The standard InChI is InChI=1S/C12H16N2O6/c1-7(14-11(17)9-3-2-6-20-9)10(16)13-5-4-8(15)12(18)19/h2-3,6-8,15H,4-5H2,1H3,(H,13,16)(H,14,17)(H,18,19). The number of aliphatic hydroxyl groups is 1. The van der Waals surface area contributed by atoms with Gasteiger partial charge in [0.05, 0.1) is 6.26 Å². The van der Waals surface area contributed by atoms with Crippen LogP contribution in [0.5, 0.6) is 0 Å². The Kier molecular flexibility index (Phi) is 5.73. The summed E-state index contributed by atoms with van der Waals surface area (Å²) in [6, 6.07) is 2.20. The van der Waals surface area contributed by atoms with Gasteiger partial charge in [0.25, 0.3) is 5.91 Å². The number of furan rings is 1. The van der Waals surface area contributed by atoms with Gasteiger partial charge in [0.2, 0.25) is 5.91 Å². The molecule has 1 rings (SSSR count). The molecule has 110 valence electrons. The summed E-state index contributed by atoms with van der Waals surface area (Å²) in [7, 11) is 0. The van der Waals surface area contributed by atoms with Gasteiger partial charge in [0.1, 0.15) is 6.04 Å². The Balaban J connectivity index is 2.32. The van der Waals surface area contributed by atoms with Crippen LogP contribution in [-0.4, -0.2) is 46.7 Å². The topological polar surface area (TPSA) is 129 Å². The molecule has 2 unspecified atom stereocenters. The Hall–Kier alpha value is -2.35. The normalized spacial score (nSPS) is 13.3. The van der Waals surface area contributed by atoms with Gasteiger partial charge in [-0.2, -0.15) is 0 Å². The minimum absolute atomic E-state index is 0.00668. The number of carboxylic acids is 1. The Morgan fingerprint density at radius 1 is 1.40 bits per heavy atom. The molecule has 0 saturated carbocycles. The van der Waals surface area contributed by atoms with Gasteiger partial charge in [0.15, 0.2) is 11.9 Å². The number of aliphatic carboxylic acids is 1. The number of amides is 2. The first kappa shape index (κ1) is 15.7. The molecule has 0 radical (unpaired) electrons. The zero-order chi connectivity index (χ0) is 15.1. The monoisotopic (exact) mass is 284 g/mol. The van der Waals surface area contributed by atoms with Crippen LogP contribution in [0.4, 0.5) is 0 Å². The molecule has 0 aromatic carbocycles. The number of carbonyl (C=O) groups is 3. The van der Waals surface area contributed by atoms with Gasteiger partial charge >= 0.3 is 5.97 Å². The zero-order valence-corrected chi connectivity index (χ0v) is 10.8. The van der Waals surface area contributed by atoms with E-state index in [1.54, 1.807) is 6.07 Å². The molecule has 20 heavy (non-hydrogen) atoms. The van der Waals surface area contributed by atoms with E-state index in [0.717, 1.165) is 0 Å². The predicted molar refractivity (Wildman–Crippen MR) is 66.9 cm³/mol. The number of hydrogen-bond acceptors (Lipinski definition) is 5. The molecule has 8 heteroatoms. The average Bonchev–Trinajstić information content (AvgIpc) is 2.91. The molecule has 4 N–H and O–H groups in total. The molecular formula is C12H16N2O6. The fourth-order valence-electron chi connectivity index (χ4n) is 1.35. The molecule has 8 nitrogen and oxygen atoms in total. The summed E-state index contributed by atoms with van der Waals surface area (Å²) in [5, 5.41) is 22.3. The highest BCUT2D eigenvalue weighted by Crippen LogP contribution is 2.00. The van der Waals surface area contributed by atoms with Crippen molar-refractivity contribution in [1.29, 1.82) is 0 Å². The smallest absolute Gasteiger partial charge is 0.332 e. The van der Waals surface area contributed by atoms with Gasteiger partial charge < -0.3 is 25.3 Å². The Bertz CT molecular complexity index is 470. The van der Waals surface area contributed by atoms with E-state index >= 15 is 0 Å². The highest BCUT2D eigenvalue weighted by atomic mass is 16.4. The number of rotatable bonds is 7. The molecule has 0 aliphatic heterocycles. The van der Waals surface area contributed by atoms with Crippen molar-refractivity contribution in [2.75, 3.05) is 6.54 Å². The summed E-state index contributed by atoms with van der Waals surface area (Å²) in [5.41, 5.74) is 0. The van der Waals surface area contributed by atoms with Crippen molar-refractivity contribution in [3.8, 4) is 0 Å². The third kappa shape index (κ3) is 4.73. The highest BCUT2D eigenvalue weighted by molar-refractivity contribution is 5.95. The van der Waals surface area contributed by atoms with E-state index in [9.17, 15) is 14.4 Å². The van der Waals surface area contributed by atoms with Crippen LogP contribution in [-0.2, 0) is 9.59 Å². The van der Waals surface area contributed by atoms with Crippen molar-refractivity contribution in [2.45, 2.75) is 25.5 Å². The molecule has 1 heterocycles. The van der Waals surface area contributed by atoms with Crippen LogP contribution in [0.2, 0.25) is 0 Å². The maximum absolute atomic E-state index is 11.6. The van der Waals surface area contributed by atoms with Crippen LogP contribution in [0.1, 0.15) is 23.9 Å². The summed E-state index contributed by atoms with van der Waals surface area (Å²) >= 11 is 0. The van der Waals surface area contributed by atoms with Crippen molar-refractivity contribution in [1.82, 2.24) is 10.6 Å². The van der Waals surface area contributed by atoms with Gasteiger partial charge in [-0.3, -0.25) is 9.59 Å². The summed E-state index contributed by atoms with van der Waals surface area (Å²) in [4.78, 5) is 33.6. The quantitative estimate of drug-likeness (QED) is 0.526. The fraction of sp³-hybridized carbons (Fsp3) is 0.417. The van der Waals surface area contributed by atoms with Crippen LogP contribution in [0.3, 0.4) is 0 Å². The largest absolute Gasteiger partial charge is 0.479 e. The molecule has 2 atom stereocenters. The van der Waals surface area contributed by atoms with E-state index < -0.39 is 29.9 Å². The van der Waals surface area contributed by atoms with Gasteiger partial charge in [-0.05, 0) is 19.1 Å². The lowest BCUT2D eigenvalue weighted by Crippen LogP contribution is -2.45. The van der Waals surface area contributed by atoms with Crippen molar-refractivity contribution in [3.63, 3.8) is 0 Å².